The van der Waals surface area contributed by atoms with Crippen LogP contribution in [0.5, 0.6) is 0 Å². The van der Waals surface area contributed by atoms with Gasteiger partial charge >= 0.3 is 0 Å². The van der Waals surface area contributed by atoms with Crippen molar-refractivity contribution < 1.29 is 4.39 Å². The third kappa shape index (κ3) is 3.66. The highest BCUT2D eigenvalue weighted by molar-refractivity contribution is 5.44. The van der Waals surface area contributed by atoms with E-state index in [1.807, 2.05) is 18.2 Å². The first-order chi connectivity index (χ1) is 10.7. The minimum Gasteiger partial charge on any atom is -0.381 e. The van der Waals surface area contributed by atoms with E-state index < -0.39 is 0 Å². The Hall–Kier alpha value is -1.87. The summed E-state index contributed by atoms with van der Waals surface area (Å²) in [6.45, 7) is 4.44. The van der Waals surface area contributed by atoms with Crippen LogP contribution in [-0.4, -0.2) is 30.1 Å². The van der Waals surface area contributed by atoms with Gasteiger partial charge in [0.1, 0.15) is 5.82 Å². The van der Waals surface area contributed by atoms with Gasteiger partial charge in [0.2, 0.25) is 0 Å². The van der Waals surface area contributed by atoms with Crippen molar-refractivity contribution in [1.82, 2.24) is 4.90 Å². The van der Waals surface area contributed by atoms with Crippen molar-refractivity contribution in [3.63, 3.8) is 0 Å². The molecule has 2 nitrogen and oxygen atoms in total. The topological polar surface area (TPSA) is 15.3 Å². The van der Waals surface area contributed by atoms with Crippen LogP contribution in [0.2, 0.25) is 0 Å². The van der Waals surface area contributed by atoms with Crippen LogP contribution in [0.1, 0.15) is 18.9 Å². The van der Waals surface area contributed by atoms with E-state index in [1.54, 1.807) is 12.1 Å². The number of hydrogen-bond acceptors (Lipinski definition) is 2. The Morgan fingerprint density at radius 3 is 2.55 bits per heavy atom. The molecule has 0 aromatic heterocycles. The molecule has 0 saturated carbocycles. The first-order valence-corrected chi connectivity index (χ1v) is 8.02. The molecule has 0 radical (unpaired) electrons. The number of benzene rings is 2. The largest absolute Gasteiger partial charge is 0.381 e. The Morgan fingerprint density at radius 1 is 1.09 bits per heavy atom. The van der Waals surface area contributed by atoms with Gasteiger partial charge in [0.05, 0.1) is 0 Å². The fourth-order valence-electron chi connectivity index (χ4n) is 3.18. The summed E-state index contributed by atoms with van der Waals surface area (Å²) in [6.07, 6.45) is 2.14. The van der Waals surface area contributed by atoms with Crippen LogP contribution < -0.4 is 5.32 Å². The lowest BCUT2D eigenvalue weighted by Crippen LogP contribution is -2.37. The van der Waals surface area contributed by atoms with Crippen molar-refractivity contribution in [2.75, 3.05) is 18.4 Å². The van der Waals surface area contributed by atoms with Crippen molar-refractivity contribution in [2.24, 2.45) is 0 Å². The minimum atomic E-state index is -0.162. The zero-order chi connectivity index (χ0) is 15.4. The fraction of sp³-hybridized carbons (Fsp3) is 0.368. The predicted molar refractivity (Wildman–Crippen MR) is 89.6 cm³/mol. The van der Waals surface area contributed by atoms with Crippen molar-refractivity contribution >= 4 is 5.69 Å². The first-order valence-electron chi connectivity index (χ1n) is 8.02. The standard InChI is InChI=1S/C19H23FN2/c1-15-19(21-18-5-3-2-4-6-18)12-14-22(15)13-11-16-7-9-17(20)10-8-16/h2-10,15,19,21H,11-14H2,1H3/t15-,19+/m1/s1. The lowest BCUT2D eigenvalue weighted by molar-refractivity contribution is 0.267. The highest BCUT2D eigenvalue weighted by Gasteiger charge is 2.29. The van der Waals surface area contributed by atoms with E-state index in [0.29, 0.717) is 12.1 Å². The average Bonchev–Trinajstić information content (AvgIpc) is 2.88. The highest BCUT2D eigenvalue weighted by atomic mass is 19.1. The third-order valence-corrected chi connectivity index (χ3v) is 4.61. The van der Waals surface area contributed by atoms with Crippen LogP contribution in [-0.2, 0) is 6.42 Å². The average molecular weight is 298 g/mol. The fourth-order valence-corrected chi connectivity index (χ4v) is 3.18. The van der Waals surface area contributed by atoms with Gasteiger partial charge in [0.25, 0.3) is 0 Å². The van der Waals surface area contributed by atoms with E-state index >= 15 is 0 Å². The van der Waals surface area contributed by atoms with Crippen LogP contribution in [0.4, 0.5) is 10.1 Å². The number of para-hydroxylation sites is 1. The Morgan fingerprint density at radius 2 is 1.82 bits per heavy atom. The van der Waals surface area contributed by atoms with Gasteiger partial charge in [-0.3, -0.25) is 4.90 Å². The van der Waals surface area contributed by atoms with E-state index in [1.165, 1.54) is 17.7 Å². The number of hydrogen-bond donors (Lipinski definition) is 1. The molecule has 1 fully saturated rings. The summed E-state index contributed by atoms with van der Waals surface area (Å²) in [5, 5.41) is 3.63. The van der Waals surface area contributed by atoms with Crippen LogP contribution in [0.3, 0.4) is 0 Å². The summed E-state index contributed by atoms with van der Waals surface area (Å²) in [6, 6.07) is 18.3. The molecular formula is C19H23FN2. The molecule has 0 spiro atoms. The van der Waals surface area contributed by atoms with Gasteiger partial charge < -0.3 is 5.32 Å². The normalized spacial score (nSPS) is 21.9. The predicted octanol–water partition coefficient (Wildman–Crippen LogP) is 3.94. The molecule has 2 aromatic carbocycles. The van der Waals surface area contributed by atoms with Crippen LogP contribution in [0.25, 0.3) is 0 Å². The van der Waals surface area contributed by atoms with Gasteiger partial charge in [-0.05, 0) is 49.6 Å². The lowest BCUT2D eigenvalue weighted by Gasteiger charge is -2.25. The number of nitrogens with zero attached hydrogens (tertiary/aromatic N) is 1. The van der Waals surface area contributed by atoms with Crippen molar-refractivity contribution in [3.05, 3.63) is 66.0 Å². The van der Waals surface area contributed by atoms with E-state index in [-0.39, 0.29) is 5.82 Å². The Bertz CT molecular complexity index is 582. The number of anilines is 1. The SMILES string of the molecule is C[C@@H]1[C@@H](Nc2ccccc2)CCN1CCc1ccc(F)cc1. The zero-order valence-corrected chi connectivity index (χ0v) is 13.0. The molecule has 0 unspecified atom stereocenters. The molecule has 1 aliphatic heterocycles. The van der Waals surface area contributed by atoms with Crippen molar-refractivity contribution in [3.8, 4) is 0 Å². The molecule has 0 aliphatic carbocycles. The second-order valence-corrected chi connectivity index (χ2v) is 6.06. The van der Waals surface area contributed by atoms with E-state index in [4.69, 9.17) is 0 Å². The molecule has 1 heterocycles. The second kappa shape index (κ2) is 6.93. The molecule has 22 heavy (non-hydrogen) atoms. The van der Waals surface area contributed by atoms with E-state index in [9.17, 15) is 4.39 Å². The number of nitrogens with one attached hydrogen (secondary N) is 1. The summed E-state index contributed by atoms with van der Waals surface area (Å²) in [5.74, 6) is -0.162. The molecular weight excluding hydrogens is 275 g/mol. The van der Waals surface area contributed by atoms with Gasteiger partial charge in [-0.25, -0.2) is 4.39 Å². The zero-order valence-electron chi connectivity index (χ0n) is 13.0. The molecule has 0 amide bonds. The second-order valence-electron chi connectivity index (χ2n) is 6.06. The summed E-state index contributed by atoms with van der Waals surface area (Å²) in [4.78, 5) is 2.52. The van der Waals surface area contributed by atoms with Crippen LogP contribution in [0, 0.1) is 5.82 Å². The van der Waals surface area contributed by atoms with Crippen LogP contribution in [0.15, 0.2) is 54.6 Å². The summed E-state index contributed by atoms with van der Waals surface area (Å²) in [5.41, 5.74) is 2.40. The van der Waals surface area contributed by atoms with Gasteiger partial charge in [0.15, 0.2) is 0 Å². The highest BCUT2D eigenvalue weighted by Crippen LogP contribution is 2.22. The maximum Gasteiger partial charge on any atom is 0.123 e. The van der Waals surface area contributed by atoms with E-state index in [2.05, 4.69) is 41.4 Å². The maximum absolute atomic E-state index is 12.9. The molecule has 1 N–H and O–H groups in total. The Kier molecular flexibility index (Phi) is 4.74. The Balaban J connectivity index is 1.52. The molecule has 2 atom stereocenters. The van der Waals surface area contributed by atoms with Gasteiger partial charge in [0, 0.05) is 30.9 Å². The first kappa shape index (κ1) is 15.0. The van der Waals surface area contributed by atoms with Crippen LogP contribution >= 0.6 is 0 Å². The lowest BCUT2D eigenvalue weighted by atomic mass is 10.1. The smallest absolute Gasteiger partial charge is 0.123 e. The van der Waals surface area contributed by atoms with Crippen molar-refractivity contribution in [1.29, 1.82) is 0 Å². The summed E-state index contributed by atoms with van der Waals surface area (Å²) >= 11 is 0. The monoisotopic (exact) mass is 298 g/mol. The molecule has 1 aliphatic rings. The Labute approximate surface area is 132 Å². The summed E-state index contributed by atoms with van der Waals surface area (Å²) < 4.78 is 12.9. The minimum absolute atomic E-state index is 0.162. The number of halogens is 1. The molecule has 2 aromatic rings. The van der Waals surface area contributed by atoms with Gasteiger partial charge in [-0.1, -0.05) is 30.3 Å². The molecule has 1 saturated heterocycles. The molecule has 0 bridgehead atoms. The van der Waals surface area contributed by atoms with Crippen molar-refractivity contribution in [2.45, 2.75) is 31.8 Å². The van der Waals surface area contributed by atoms with Gasteiger partial charge in [-0.15, -0.1) is 0 Å². The maximum atomic E-state index is 12.9. The van der Waals surface area contributed by atoms with E-state index in [0.717, 1.165) is 19.5 Å². The third-order valence-electron chi connectivity index (χ3n) is 4.61. The molecule has 116 valence electrons. The summed E-state index contributed by atoms with van der Waals surface area (Å²) in [7, 11) is 0. The molecule has 3 heteroatoms. The number of likely N-dealkylation sites (tertiary alicyclic amines) is 1. The molecule has 3 rings (SSSR count). The quantitative estimate of drug-likeness (QED) is 0.899. The number of rotatable bonds is 5. The van der Waals surface area contributed by atoms with Gasteiger partial charge in [-0.2, -0.15) is 0 Å².